The summed E-state index contributed by atoms with van der Waals surface area (Å²) >= 11 is 0. The van der Waals surface area contributed by atoms with E-state index in [9.17, 15) is 0 Å². The number of hydrogen-bond donors (Lipinski definition) is 0. The Balaban J connectivity index is 1.13. The van der Waals surface area contributed by atoms with E-state index in [1.807, 2.05) is 6.20 Å². The molecule has 0 aliphatic carbocycles. The Morgan fingerprint density at radius 2 is 0.875 bits per heavy atom. The first-order valence-corrected chi connectivity index (χ1v) is 19.0. The van der Waals surface area contributed by atoms with E-state index in [-0.39, 0.29) is 0 Å². The summed E-state index contributed by atoms with van der Waals surface area (Å²) in [6, 6.07) is 70.9. The number of nitrogens with zero attached hydrogens (tertiary/aromatic N) is 4. The highest BCUT2D eigenvalue weighted by molar-refractivity contribution is 6.24. The van der Waals surface area contributed by atoms with Crippen molar-refractivity contribution in [2.45, 2.75) is 0 Å². The van der Waals surface area contributed by atoms with Gasteiger partial charge in [0.05, 0.1) is 11.0 Å². The summed E-state index contributed by atoms with van der Waals surface area (Å²) < 4.78 is 2.26. The van der Waals surface area contributed by atoms with Crippen LogP contribution in [0.15, 0.2) is 206 Å². The monoisotopic (exact) mass is 714 g/mol. The lowest BCUT2D eigenvalue weighted by Crippen LogP contribution is -2.09. The number of imidazole rings is 1. The van der Waals surface area contributed by atoms with Crippen LogP contribution in [-0.4, -0.2) is 14.5 Å². The highest BCUT2D eigenvalue weighted by atomic mass is 15.2. The molecule has 11 aromatic rings. The second-order valence-corrected chi connectivity index (χ2v) is 14.2. The number of fused-ring (bicyclic) bond motifs is 8. The number of aromatic nitrogens is 3. The number of benzene rings is 9. The highest BCUT2D eigenvalue weighted by Gasteiger charge is 2.22. The summed E-state index contributed by atoms with van der Waals surface area (Å²) in [4.78, 5) is 13.1. The lowest BCUT2D eigenvalue weighted by molar-refractivity contribution is 1.03. The third kappa shape index (κ3) is 5.15. The molecule has 0 aliphatic heterocycles. The molecule has 0 fully saturated rings. The smallest absolute Gasteiger partial charge is 0.146 e. The molecule has 4 heteroatoms. The van der Waals surface area contributed by atoms with Crippen molar-refractivity contribution in [1.82, 2.24) is 14.5 Å². The van der Waals surface area contributed by atoms with Gasteiger partial charge in [0.25, 0.3) is 0 Å². The third-order valence-corrected chi connectivity index (χ3v) is 11.0. The summed E-state index contributed by atoms with van der Waals surface area (Å²) in [5.74, 6) is 1.66. The minimum absolute atomic E-state index is 0.815. The Bertz CT molecular complexity index is 3130. The van der Waals surface area contributed by atoms with Crippen LogP contribution in [0.3, 0.4) is 0 Å². The molecule has 0 bridgehead atoms. The molecule has 0 saturated carbocycles. The van der Waals surface area contributed by atoms with Gasteiger partial charge in [0.15, 0.2) is 0 Å². The lowest BCUT2D eigenvalue weighted by Gasteiger charge is -2.25. The molecular weight excluding hydrogens is 681 g/mol. The first-order chi connectivity index (χ1) is 27.8. The van der Waals surface area contributed by atoms with Crippen LogP contribution in [0.4, 0.5) is 17.1 Å². The van der Waals surface area contributed by atoms with E-state index in [1.165, 1.54) is 37.9 Å². The molecule has 11 rings (SSSR count). The fourth-order valence-electron chi connectivity index (χ4n) is 8.47. The fraction of sp³-hybridized carbons (Fsp3) is 0. The Morgan fingerprint density at radius 1 is 0.393 bits per heavy atom. The maximum Gasteiger partial charge on any atom is 0.146 e. The van der Waals surface area contributed by atoms with Crippen LogP contribution in [0.2, 0.25) is 0 Å². The van der Waals surface area contributed by atoms with Crippen LogP contribution in [0.25, 0.3) is 82.5 Å². The molecule has 0 atom stereocenters. The number of anilines is 3. The molecule has 4 nitrogen and oxygen atoms in total. The van der Waals surface area contributed by atoms with Gasteiger partial charge >= 0.3 is 0 Å². The maximum atomic E-state index is 5.50. The molecule has 2 heterocycles. The van der Waals surface area contributed by atoms with Gasteiger partial charge in [0.2, 0.25) is 0 Å². The number of rotatable bonds is 6. The average molecular weight is 715 g/mol. The average Bonchev–Trinajstić information content (AvgIpc) is 3.68. The van der Waals surface area contributed by atoms with Crippen molar-refractivity contribution >= 4 is 71.2 Å². The van der Waals surface area contributed by atoms with Crippen molar-refractivity contribution in [1.29, 1.82) is 0 Å². The van der Waals surface area contributed by atoms with Crippen molar-refractivity contribution in [3.8, 4) is 28.3 Å². The summed E-state index contributed by atoms with van der Waals surface area (Å²) in [5.41, 5.74) is 8.54. The van der Waals surface area contributed by atoms with Gasteiger partial charge in [0, 0.05) is 45.2 Å². The number of hydrogen-bond acceptors (Lipinski definition) is 3. The predicted molar refractivity (Wildman–Crippen MR) is 234 cm³/mol. The van der Waals surface area contributed by atoms with Gasteiger partial charge in [-0.3, -0.25) is 4.57 Å². The zero-order chi connectivity index (χ0) is 37.0. The molecule has 262 valence electrons. The maximum absolute atomic E-state index is 5.50. The van der Waals surface area contributed by atoms with E-state index < -0.39 is 0 Å². The van der Waals surface area contributed by atoms with E-state index in [1.54, 1.807) is 0 Å². The van der Waals surface area contributed by atoms with E-state index in [0.29, 0.717) is 0 Å². The van der Waals surface area contributed by atoms with E-state index >= 15 is 0 Å². The third-order valence-electron chi connectivity index (χ3n) is 11.0. The van der Waals surface area contributed by atoms with Crippen LogP contribution in [-0.2, 0) is 0 Å². The summed E-state index contributed by atoms with van der Waals surface area (Å²) in [7, 11) is 0. The molecule has 2 aromatic heterocycles. The first kappa shape index (κ1) is 31.9. The van der Waals surface area contributed by atoms with Crippen LogP contribution in [0.1, 0.15) is 0 Å². The zero-order valence-electron chi connectivity index (χ0n) is 30.4. The summed E-state index contributed by atoms with van der Waals surface area (Å²) in [6.07, 6.45) is 2.03. The minimum Gasteiger partial charge on any atom is -0.311 e. The first-order valence-electron chi connectivity index (χ1n) is 19.0. The van der Waals surface area contributed by atoms with E-state index in [4.69, 9.17) is 9.97 Å². The topological polar surface area (TPSA) is 34.0 Å². The molecule has 9 aromatic carbocycles. The lowest BCUT2D eigenvalue weighted by atomic mass is 9.93. The Labute approximate surface area is 324 Å². The number of pyridine rings is 1. The SMILES string of the molecule is c1ccc(N(c2ccccc2)c2ccc(-c3nc4c5ccccc5c5ccccc5c4n3-c3ccc(-c4c5ccccc5cc5ccccc45)cn3)cc2)cc1. The second kappa shape index (κ2) is 13.1. The van der Waals surface area contributed by atoms with Crippen molar-refractivity contribution < 1.29 is 0 Å². The van der Waals surface area contributed by atoms with Crippen molar-refractivity contribution in [2.75, 3.05) is 4.90 Å². The Morgan fingerprint density at radius 3 is 1.46 bits per heavy atom. The minimum atomic E-state index is 0.815. The van der Waals surface area contributed by atoms with Gasteiger partial charge in [-0.15, -0.1) is 0 Å². The van der Waals surface area contributed by atoms with Gasteiger partial charge < -0.3 is 4.90 Å². The van der Waals surface area contributed by atoms with E-state index in [0.717, 1.165) is 61.6 Å². The van der Waals surface area contributed by atoms with Crippen LogP contribution in [0.5, 0.6) is 0 Å². The Hall–Kier alpha value is -7.56. The van der Waals surface area contributed by atoms with Gasteiger partial charge in [-0.2, -0.15) is 0 Å². The molecule has 0 N–H and O–H groups in total. The van der Waals surface area contributed by atoms with Gasteiger partial charge in [-0.25, -0.2) is 9.97 Å². The molecule has 0 radical (unpaired) electrons. The molecule has 0 saturated heterocycles. The Kier molecular flexibility index (Phi) is 7.46. The quantitative estimate of drug-likeness (QED) is 0.127. The van der Waals surface area contributed by atoms with Crippen molar-refractivity contribution in [3.63, 3.8) is 0 Å². The van der Waals surface area contributed by atoms with Crippen LogP contribution in [0, 0.1) is 0 Å². The summed E-state index contributed by atoms with van der Waals surface area (Å²) in [6.45, 7) is 0. The predicted octanol–water partition coefficient (Wildman–Crippen LogP) is 13.8. The fourth-order valence-corrected chi connectivity index (χ4v) is 8.47. The molecule has 0 spiro atoms. The zero-order valence-corrected chi connectivity index (χ0v) is 30.4. The molecule has 0 amide bonds. The normalized spacial score (nSPS) is 11.6. The largest absolute Gasteiger partial charge is 0.311 e. The van der Waals surface area contributed by atoms with E-state index in [2.05, 4.69) is 210 Å². The second-order valence-electron chi connectivity index (χ2n) is 14.2. The van der Waals surface area contributed by atoms with Crippen LogP contribution >= 0.6 is 0 Å². The van der Waals surface area contributed by atoms with Crippen LogP contribution < -0.4 is 4.90 Å². The molecule has 0 unspecified atom stereocenters. The van der Waals surface area contributed by atoms with Gasteiger partial charge in [0.1, 0.15) is 11.6 Å². The summed E-state index contributed by atoms with van der Waals surface area (Å²) in [5, 5.41) is 9.51. The molecular formula is C52H34N4. The van der Waals surface area contributed by atoms with Gasteiger partial charge in [-0.05, 0) is 105 Å². The molecule has 0 aliphatic rings. The van der Waals surface area contributed by atoms with Gasteiger partial charge in [-0.1, -0.05) is 133 Å². The van der Waals surface area contributed by atoms with Crippen molar-refractivity contribution in [2.24, 2.45) is 0 Å². The standard InChI is InChI=1S/C52H34N4/c1-3-17-39(18-4-1)55(40-19-5-2-6-20-40)41-30-27-35(28-31-41)52-54-50-46-25-13-11-23-44(46)45-24-12-14-26-47(45)51(50)56(52)48-32-29-38(34-53-48)49-42-21-9-7-15-36(42)33-37-16-8-10-22-43(37)49/h1-34H. The van der Waals surface area contributed by atoms with Crippen molar-refractivity contribution in [3.05, 3.63) is 206 Å². The highest BCUT2D eigenvalue weighted by Crippen LogP contribution is 2.41. The number of para-hydroxylation sites is 2. The molecule has 56 heavy (non-hydrogen) atoms.